The molecule has 0 aliphatic carbocycles. The van der Waals surface area contributed by atoms with Crippen molar-refractivity contribution in [2.45, 2.75) is 20.0 Å². The highest BCUT2D eigenvalue weighted by Crippen LogP contribution is 2.13. The van der Waals surface area contributed by atoms with Gasteiger partial charge in [-0.05, 0) is 26.0 Å². The van der Waals surface area contributed by atoms with Gasteiger partial charge in [0, 0.05) is 26.7 Å². The van der Waals surface area contributed by atoms with Crippen LogP contribution in [0.4, 0.5) is 4.39 Å². The smallest absolute Gasteiger partial charge is 0.193 e. The number of halogens is 2. The van der Waals surface area contributed by atoms with Gasteiger partial charge in [-0.25, -0.2) is 9.38 Å². The molecule has 0 fully saturated rings. The summed E-state index contributed by atoms with van der Waals surface area (Å²) in [6.45, 7) is 5.26. The van der Waals surface area contributed by atoms with Gasteiger partial charge in [0.25, 0.3) is 0 Å². The van der Waals surface area contributed by atoms with E-state index in [1.54, 1.807) is 12.1 Å². The summed E-state index contributed by atoms with van der Waals surface area (Å²) in [5, 5.41) is 3.17. The van der Waals surface area contributed by atoms with Gasteiger partial charge >= 0.3 is 0 Å². The van der Waals surface area contributed by atoms with Gasteiger partial charge in [-0.1, -0.05) is 6.07 Å². The molecule has 1 rings (SSSR count). The van der Waals surface area contributed by atoms with Crippen molar-refractivity contribution in [3.63, 3.8) is 0 Å². The van der Waals surface area contributed by atoms with Gasteiger partial charge in [-0.3, -0.25) is 0 Å². The van der Waals surface area contributed by atoms with Crippen LogP contribution >= 0.6 is 24.0 Å². The van der Waals surface area contributed by atoms with Gasteiger partial charge in [0.15, 0.2) is 5.96 Å². The molecule has 1 N–H and O–H groups in total. The summed E-state index contributed by atoms with van der Waals surface area (Å²) in [6, 6.07) is 6.13. The number of hydrogen-bond acceptors (Lipinski definition) is 2. The van der Waals surface area contributed by atoms with Crippen molar-refractivity contribution in [2.75, 3.05) is 27.2 Å². The van der Waals surface area contributed by atoms with E-state index in [-0.39, 0.29) is 35.9 Å². The highest BCUT2D eigenvalue weighted by Gasteiger charge is 2.06. The maximum Gasteiger partial charge on any atom is 0.193 e. The highest BCUT2D eigenvalue weighted by molar-refractivity contribution is 14.0. The molecule has 6 heteroatoms. The van der Waals surface area contributed by atoms with Crippen LogP contribution in [0.25, 0.3) is 0 Å². The fraction of sp³-hybridized carbons (Fsp3) is 0.500. The van der Waals surface area contributed by atoms with Crippen LogP contribution in [-0.2, 0) is 0 Å². The van der Waals surface area contributed by atoms with Crippen LogP contribution in [-0.4, -0.2) is 44.1 Å². The predicted molar refractivity (Wildman–Crippen MR) is 91.6 cm³/mol. The lowest BCUT2D eigenvalue weighted by Gasteiger charge is -2.18. The molecular formula is C14H23FIN3O. The number of aliphatic imine (C=N–C) groups is 1. The summed E-state index contributed by atoms with van der Waals surface area (Å²) < 4.78 is 18.6. The Kier molecular flexibility index (Phi) is 9.28. The molecule has 1 unspecified atom stereocenters. The number of rotatable bonds is 5. The summed E-state index contributed by atoms with van der Waals surface area (Å²) in [5.74, 6) is 1.05. The van der Waals surface area contributed by atoms with E-state index in [1.165, 1.54) is 12.1 Å². The minimum atomic E-state index is -0.296. The van der Waals surface area contributed by atoms with Crippen LogP contribution in [0.2, 0.25) is 0 Å². The van der Waals surface area contributed by atoms with E-state index in [1.807, 2.05) is 32.8 Å². The minimum Gasteiger partial charge on any atom is -0.489 e. The third kappa shape index (κ3) is 6.93. The van der Waals surface area contributed by atoms with Gasteiger partial charge in [-0.15, -0.1) is 24.0 Å². The predicted octanol–water partition coefficient (Wildman–Crippen LogP) is 2.74. The third-order valence-electron chi connectivity index (χ3n) is 2.39. The van der Waals surface area contributed by atoms with E-state index in [0.29, 0.717) is 12.3 Å². The number of nitrogens with one attached hydrogen (secondary N) is 1. The van der Waals surface area contributed by atoms with Crippen LogP contribution in [0.5, 0.6) is 5.75 Å². The van der Waals surface area contributed by atoms with E-state index < -0.39 is 0 Å². The summed E-state index contributed by atoms with van der Waals surface area (Å²) in [4.78, 5) is 6.36. The summed E-state index contributed by atoms with van der Waals surface area (Å²) >= 11 is 0. The molecule has 114 valence electrons. The van der Waals surface area contributed by atoms with Gasteiger partial charge in [-0.2, -0.15) is 0 Å². The quantitative estimate of drug-likeness (QED) is 0.473. The second-order valence-electron chi connectivity index (χ2n) is 4.47. The molecule has 0 spiro atoms. The van der Waals surface area contributed by atoms with Crippen molar-refractivity contribution in [2.24, 2.45) is 4.99 Å². The Bertz CT molecular complexity index is 427. The first-order valence-corrected chi connectivity index (χ1v) is 6.40. The Balaban J connectivity index is 0.00000361. The molecule has 0 radical (unpaired) electrons. The molecule has 1 aromatic rings. The van der Waals surface area contributed by atoms with Crippen molar-refractivity contribution >= 4 is 29.9 Å². The van der Waals surface area contributed by atoms with Crippen LogP contribution in [0.1, 0.15) is 13.8 Å². The first kappa shape index (κ1) is 18.9. The molecule has 0 bridgehead atoms. The molecule has 0 aliphatic heterocycles. The average Bonchev–Trinajstić information content (AvgIpc) is 2.34. The largest absolute Gasteiger partial charge is 0.489 e. The van der Waals surface area contributed by atoms with Crippen molar-refractivity contribution in [1.82, 2.24) is 10.2 Å². The number of benzene rings is 1. The third-order valence-corrected chi connectivity index (χ3v) is 2.39. The van der Waals surface area contributed by atoms with Crippen molar-refractivity contribution < 1.29 is 9.13 Å². The molecule has 0 saturated carbocycles. The zero-order valence-electron chi connectivity index (χ0n) is 12.4. The Morgan fingerprint density at radius 3 is 2.70 bits per heavy atom. The molecule has 0 aliphatic rings. The molecule has 0 aromatic heterocycles. The SMILES string of the molecule is CCNC(=NCC(C)Oc1cccc(F)c1)N(C)C.I. The summed E-state index contributed by atoms with van der Waals surface area (Å²) in [6.07, 6.45) is -0.115. The molecule has 1 aromatic carbocycles. The Labute approximate surface area is 137 Å². The fourth-order valence-electron chi connectivity index (χ4n) is 1.54. The van der Waals surface area contributed by atoms with Crippen molar-refractivity contribution in [1.29, 1.82) is 0 Å². The normalized spacial score (nSPS) is 12.3. The van der Waals surface area contributed by atoms with Crippen LogP contribution < -0.4 is 10.1 Å². The maximum atomic E-state index is 13.0. The van der Waals surface area contributed by atoms with Gasteiger partial charge < -0.3 is 15.0 Å². The lowest BCUT2D eigenvalue weighted by molar-refractivity contribution is 0.229. The molecule has 20 heavy (non-hydrogen) atoms. The monoisotopic (exact) mass is 395 g/mol. The van der Waals surface area contributed by atoms with Gasteiger partial charge in [0.2, 0.25) is 0 Å². The number of guanidine groups is 1. The zero-order valence-corrected chi connectivity index (χ0v) is 14.7. The highest BCUT2D eigenvalue weighted by atomic mass is 127. The fourth-order valence-corrected chi connectivity index (χ4v) is 1.54. The molecule has 0 amide bonds. The first-order valence-electron chi connectivity index (χ1n) is 6.40. The van der Waals surface area contributed by atoms with Crippen molar-refractivity contribution in [3.8, 4) is 5.75 Å². The van der Waals surface area contributed by atoms with Crippen LogP contribution in [0, 0.1) is 5.82 Å². The van der Waals surface area contributed by atoms with Gasteiger partial charge in [0.05, 0.1) is 6.54 Å². The lowest BCUT2D eigenvalue weighted by atomic mass is 10.3. The summed E-state index contributed by atoms with van der Waals surface area (Å²) in [5.41, 5.74) is 0. The Hall–Kier alpha value is -1.05. The number of nitrogens with zero attached hydrogens (tertiary/aromatic N) is 2. The van der Waals surface area contributed by atoms with Crippen LogP contribution in [0.15, 0.2) is 29.3 Å². The molecule has 1 atom stereocenters. The average molecular weight is 395 g/mol. The number of ether oxygens (including phenoxy) is 1. The van der Waals surface area contributed by atoms with Gasteiger partial charge in [0.1, 0.15) is 17.7 Å². The Morgan fingerprint density at radius 2 is 2.15 bits per heavy atom. The first-order chi connectivity index (χ1) is 9.02. The number of hydrogen-bond donors (Lipinski definition) is 1. The topological polar surface area (TPSA) is 36.9 Å². The van der Waals surface area contributed by atoms with Crippen molar-refractivity contribution in [3.05, 3.63) is 30.1 Å². The minimum absolute atomic E-state index is 0. The molecular weight excluding hydrogens is 372 g/mol. The van der Waals surface area contributed by atoms with E-state index in [4.69, 9.17) is 4.74 Å². The Morgan fingerprint density at radius 1 is 1.45 bits per heavy atom. The standard InChI is InChI=1S/C14H22FN3O.HI/c1-5-16-14(18(3)4)17-10-11(2)19-13-8-6-7-12(15)9-13;/h6-9,11H,5,10H2,1-4H3,(H,16,17);1H. The maximum absolute atomic E-state index is 13.0. The van der Waals surface area contributed by atoms with Crippen LogP contribution in [0.3, 0.4) is 0 Å². The van der Waals surface area contributed by atoms with E-state index in [0.717, 1.165) is 12.5 Å². The lowest BCUT2D eigenvalue weighted by Crippen LogP contribution is -2.37. The molecule has 4 nitrogen and oxygen atoms in total. The second-order valence-corrected chi connectivity index (χ2v) is 4.47. The van der Waals surface area contributed by atoms with E-state index in [9.17, 15) is 4.39 Å². The van der Waals surface area contributed by atoms with E-state index in [2.05, 4.69) is 10.3 Å². The summed E-state index contributed by atoms with van der Waals surface area (Å²) in [7, 11) is 3.86. The second kappa shape index (κ2) is 9.79. The zero-order chi connectivity index (χ0) is 14.3. The molecule has 0 saturated heterocycles. The van der Waals surface area contributed by atoms with E-state index >= 15 is 0 Å². The molecule has 0 heterocycles.